The SMILES string of the molecule is CC(C)N1CC[C@@H](CNCc2cn[nH]c2-c2cccs2)C1. The molecule has 3 heterocycles. The normalized spacial score (nSPS) is 19.7. The zero-order chi connectivity index (χ0) is 14.7. The van der Waals surface area contributed by atoms with Gasteiger partial charge in [0.15, 0.2) is 0 Å². The van der Waals surface area contributed by atoms with Crippen LogP contribution >= 0.6 is 11.3 Å². The zero-order valence-corrected chi connectivity index (χ0v) is 13.6. The zero-order valence-electron chi connectivity index (χ0n) is 12.8. The molecule has 1 aliphatic heterocycles. The lowest BCUT2D eigenvalue weighted by Crippen LogP contribution is -2.30. The highest BCUT2D eigenvalue weighted by molar-refractivity contribution is 7.13. The van der Waals surface area contributed by atoms with Crippen LogP contribution in [0, 0.1) is 5.92 Å². The van der Waals surface area contributed by atoms with Crippen molar-refractivity contribution in [3.05, 3.63) is 29.3 Å². The molecule has 1 aliphatic rings. The molecule has 4 nitrogen and oxygen atoms in total. The standard InChI is InChI=1S/C16H24N4S/c1-12(2)20-6-5-13(11-20)8-17-9-14-10-18-19-16(14)15-4-3-7-21-15/h3-4,7,10,12-13,17H,5-6,8-9,11H2,1-2H3,(H,18,19)/t13-/m0/s1. The predicted octanol–water partition coefficient (Wildman–Crippen LogP) is 2.96. The smallest absolute Gasteiger partial charge is 0.0794 e. The lowest BCUT2D eigenvalue weighted by Gasteiger charge is -2.20. The first-order chi connectivity index (χ1) is 10.2. The molecule has 114 valence electrons. The van der Waals surface area contributed by atoms with Gasteiger partial charge in [0.25, 0.3) is 0 Å². The topological polar surface area (TPSA) is 44.0 Å². The van der Waals surface area contributed by atoms with Crippen LogP contribution in [0.5, 0.6) is 0 Å². The molecule has 0 saturated carbocycles. The Labute approximate surface area is 130 Å². The number of thiophene rings is 1. The van der Waals surface area contributed by atoms with Gasteiger partial charge in [-0.05, 0) is 50.7 Å². The van der Waals surface area contributed by atoms with Crippen LogP contribution in [0.25, 0.3) is 10.6 Å². The number of nitrogens with one attached hydrogen (secondary N) is 2. The molecule has 5 heteroatoms. The second-order valence-electron chi connectivity index (χ2n) is 6.12. The molecule has 0 amide bonds. The van der Waals surface area contributed by atoms with Gasteiger partial charge in [0.1, 0.15) is 0 Å². The molecule has 1 atom stereocenters. The summed E-state index contributed by atoms with van der Waals surface area (Å²) in [5, 5.41) is 13.0. The van der Waals surface area contributed by atoms with Crippen LogP contribution in [0.3, 0.4) is 0 Å². The summed E-state index contributed by atoms with van der Waals surface area (Å²) in [7, 11) is 0. The van der Waals surface area contributed by atoms with E-state index in [1.165, 1.54) is 30.0 Å². The van der Waals surface area contributed by atoms with Crippen molar-refractivity contribution in [2.45, 2.75) is 32.9 Å². The molecule has 2 aromatic rings. The third-order valence-electron chi connectivity index (χ3n) is 4.28. The van der Waals surface area contributed by atoms with Gasteiger partial charge < -0.3 is 10.2 Å². The Kier molecular flexibility index (Phi) is 4.73. The molecule has 2 aromatic heterocycles. The number of aromatic amines is 1. The Balaban J connectivity index is 1.50. The van der Waals surface area contributed by atoms with Crippen LogP contribution in [-0.2, 0) is 6.54 Å². The summed E-state index contributed by atoms with van der Waals surface area (Å²) in [4.78, 5) is 3.83. The lowest BCUT2D eigenvalue weighted by atomic mass is 10.1. The van der Waals surface area contributed by atoms with Crippen molar-refractivity contribution in [3.63, 3.8) is 0 Å². The van der Waals surface area contributed by atoms with E-state index in [9.17, 15) is 0 Å². The molecule has 1 fully saturated rings. The molecule has 0 aliphatic carbocycles. The number of hydrogen-bond donors (Lipinski definition) is 2. The van der Waals surface area contributed by atoms with Crippen LogP contribution in [-0.4, -0.2) is 40.8 Å². The first-order valence-electron chi connectivity index (χ1n) is 7.75. The first kappa shape index (κ1) is 14.8. The summed E-state index contributed by atoms with van der Waals surface area (Å²) >= 11 is 1.75. The first-order valence-corrected chi connectivity index (χ1v) is 8.63. The van der Waals surface area contributed by atoms with Crippen LogP contribution in [0.15, 0.2) is 23.7 Å². The molecule has 0 radical (unpaired) electrons. The summed E-state index contributed by atoms with van der Waals surface area (Å²) in [6.45, 7) is 9.04. The summed E-state index contributed by atoms with van der Waals surface area (Å²) in [6.07, 6.45) is 3.26. The molecular weight excluding hydrogens is 280 g/mol. The Morgan fingerprint density at radius 1 is 1.52 bits per heavy atom. The molecule has 1 saturated heterocycles. The summed E-state index contributed by atoms with van der Waals surface area (Å²) < 4.78 is 0. The minimum Gasteiger partial charge on any atom is -0.312 e. The van der Waals surface area contributed by atoms with Crippen molar-refractivity contribution in [2.24, 2.45) is 5.92 Å². The Morgan fingerprint density at radius 2 is 2.43 bits per heavy atom. The van der Waals surface area contributed by atoms with Crippen molar-refractivity contribution in [2.75, 3.05) is 19.6 Å². The van der Waals surface area contributed by atoms with Gasteiger partial charge in [-0.15, -0.1) is 11.3 Å². The average Bonchev–Trinajstić information content (AvgIpc) is 3.20. The molecule has 2 N–H and O–H groups in total. The Morgan fingerprint density at radius 3 is 3.14 bits per heavy atom. The Hall–Kier alpha value is -1.17. The van der Waals surface area contributed by atoms with E-state index in [4.69, 9.17) is 0 Å². The van der Waals surface area contributed by atoms with Gasteiger partial charge in [-0.1, -0.05) is 6.07 Å². The summed E-state index contributed by atoms with van der Waals surface area (Å²) in [6, 6.07) is 4.89. The number of H-pyrrole nitrogens is 1. The van der Waals surface area contributed by atoms with Crippen molar-refractivity contribution < 1.29 is 0 Å². The van der Waals surface area contributed by atoms with Crippen LogP contribution in [0.1, 0.15) is 25.8 Å². The molecule has 21 heavy (non-hydrogen) atoms. The molecule has 0 spiro atoms. The van der Waals surface area contributed by atoms with E-state index >= 15 is 0 Å². The highest BCUT2D eigenvalue weighted by atomic mass is 32.1. The Bertz CT molecular complexity index is 546. The van der Waals surface area contributed by atoms with E-state index < -0.39 is 0 Å². The van der Waals surface area contributed by atoms with Crippen LogP contribution in [0.4, 0.5) is 0 Å². The second-order valence-corrected chi connectivity index (χ2v) is 7.07. The maximum absolute atomic E-state index is 4.20. The number of aromatic nitrogens is 2. The fourth-order valence-corrected chi connectivity index (χ4v) is 3.74. The van der Waals surface area contributed by atoms with Crippen molar-refractivity contribution >= 4 is 11.3 Å². The number of rotatable bonds is 6. The van der Waals surface area contributed by atoms with E-state index in [0.717, 1.165) is 24.7 Å². The fraction of sp³-hybridized carbons (Fsp3) is 0.562. The predicted molar refractivity (Wildman–Crippen MR) is 88.4 cm³/mol. The van der Waals surface area contributed by atoms with Gasteiger partial charge in [0.2, 0.25) is 0 Å². The van der Waals surface area contributed by atoms with Gasteiger partial charge in [-0.2, -0.15) is 5.10 Å². The summed E-state index contributed by atoms with van der Waals surface area (Å²) in [5.74, 6) is 0.782. The number of nitrogens with zero attached hydrogens (tertiary/aromatic N) is 2. The molecular formula is C16H24N4S. The average molecular weight is 304 g/mol. The number of hydrogen-bond acceptors (Lipinski definition) is 4. The summed E-state index contributed by atoms with van der Waals surface area (Å²) in [5.41, 5.74) is 2.42. The molecule has 0 unspecified atom stereocenters. The van der Waals surface area contributed by atoms with E-state index in [-0.39, 0.29) is 0 Å². The highest BCUT2D eigenvalue weighted by Gasteiger charge is 2.23. The van der Waals surface area contributed by atoms with Gasteiger partial charge in [0.05, 0.1) is 16.8 Å². The van der Waals surface area contributed by atoms with Gasteiger partial charge >= 0.3 is 0 Å². The third kappa shape index (κ3) is 3.54. The van der Waals surface area contributed by atoms with Gasteiger partial charge in [-0.25, -0.2) is 0 Å². The van der Waals surface area contributed by atoms with E-state index in [1.54, 1.807) is 11.3 Å². The second kappa shape index (κ2) is 6.73. The quantitative estimate of drug-likeness (QED) is 0.862. The largest absolute Gasteiger partial charge is 0.312 e. The van der Waals surface area contributed by atoms with Crippen LogP contribution < -0.4 is 5.32 Å². The monoisotopic (exact) mass is 304 g/mol. The van der Waals surface area contributed by atoms with E-state index in [0.29, 0.717) is 6.04 Å². The van der Waals surface area contributed by atoms with Crippen molar-refractivity contribution in [1.29, 1.82) is 0 Å². The molecule has 0 aromatic carbocycles. The maximum atomic E-state index is 4.20. The minimum absolute atomic E-state index is 0.675. The lowest BCUT2D eigenvalue weighted by molar-refractivity contribution is 0.264. The van der Waals surface area contributed by atoms with Gasteiger partial charge in [0, 0.05) is 24.7 Å². The van der Waals surface area contributed by atoms with E-state index in [2.05, 4.69) is 51.8 Å². The third-order valence-corrected chi connectivity index (χ3v) is 5.17. The van der Waals surface area contributed by atoms with Crippen molar-refractivity contribution in [3.8, 4) is 10.6 Å². The van der Waals surface area contributed by atoms with E-state index in [1.807, 2.05) is 6.20 Å². The molecule has 3 rings (SSSR count). The minimum atomic E-state index is 0.675. The number of likely N-dealkylation sites (tertiary alicyclic amines) is 1. The highest BCUT2D eigenvalue weighted by Crippen LogP contribution is 2.25. The van der Waals surface area contributed by atoms with Crippen molar-refractivity contribution in [1.82, 2.24) is 20.4 Å². The maximum Gasteiger partial charge on any atom is 0.0794 e. The van der Waals surface area contributed by atoms with Crippen LogP contribution in [0.2, 0.25) is 0 Å². The fourth-order valence-electron chi connectivity index (χ4n) is 2.99. The van der Waals surface area contributed by atoms with Gasteiger partial charge in [-0.3, -0.25) is 5.10 Å². The molecule has 0 bridgehead atoms.